The van der Waals surface area contributed by atoms with Gasteiger partial charge in [-0.15, -0.1) is 0 Å². The minimum Gasteiger partial charge on any atom is -0.469 e. The van der Waals surface area contributed by atoms with Crippen molar-refractivity contribution in [1.82, 2.24) is 4.31 Å². The topological polar surface area (TPSA) is 107 Å². The van der Waals surface area contributed by atoms with Crippen LogP contribution in [0, 0.1) is 10.1 Å². The molecular formula is C17H26N2O6S. The molecule has 9 heteroatoms. The molecule has 0 aliphatic carbocycles. The normalized spacial score (nSPS) is 12.8. The van der Waals surface area contributed by atoms with Gasteiger partial charge in [0.1, 0.15) is 0 Å². The second kappa shape index (κ2) is 10.2. The number of esters is 1. The number of carbonyl (C=O) groups is 1. The van der Waals surface area contributed by atoms with Gasteiger partial charge in [-0.05, 0) is 19.4 Å². The largest absolute Gasteiger partial charge is 0.469 e. The summed E-state index contributed by atoms with van der Waals surface area (Å²) in [5.74, 6) is -0.534. The second-order valence-corrected chi connectivity index (χ2v) is 7.89. The van der Waals surface area contributed by atoms with Gasteiger partial charge in [-0.1, -0.05) is 38.3 Å². The highest BCUT2D eigenvalue weighted by Crippen LogP contribution is 2.28. The Morgan fingerprint density at radius 3 is 2.50 bits per heavy atom. The number of unbranched alkanes of at least 4 members (excludes halogenated alkanes) is 3. The molecule has 0 saturated carbocycles. The maximum Gasteiger partial charge on any atom is 0.307 e. The molecule has 146 valence electrons. The Balaban J connectivity index is 3.21. The van der Waals surface area contributed by atoms with E-state index in [1.54, 1.807) is 6.92 Å². The number of carbonyl (C=O) groups excluding carboxylic acids is 1. The third kappa shape index (κ3) is 5.77. The highest BCUT2D eigenvalue weighted by atomic mass is 32.2. The first-order valence-electron chi connectivity index (χ1n) is 8.57. The van der Waals surface area contributed by atoms with Crippen LogP contribution in [0.2, 0.25) is 0 Å². The lowest BCUT2D eigenvalue weighted by atomic mass is 10.2. The van der Waals surface area contributed by atoms with Crippen LogP contribution in [-0.4, -0.2) is 43.3 Å². The number of nitro benzene ring substituents is 1. The van der Waals surface area contributed by atoms with Gasteiger partial charge in [-0.25, -0.2) is 8.42 Å². The van der Waals surface area contributed by atoms with E-state index in [4.69, 9.17) is 0 Å². The van der Waals surface area contributed by atoms with E-state index < -0.39 is 32.6 Å². The summed E-state index contributed by atoms with van der Waals surface area (Å²) in [5, 5.41) is 11.2. The standard InChI is InChI=1S/C17H26N2O6S/c1-4-5-6-9-12-18(14(2)13-17(20)25-3)26(23,24)16-11-8-7-10-15(16)19(21)22/h7-8,10-11,14H,4-6,9,12-13H2,1-3H3. The quantitative estimate of drug-likeness (QED) is 0.250. The van der Waals surface area contributed by atoms with E-state index in [-0.39, 0.29) is 17.9 Å². The molecule has 0 spiro atoms. The number of methoxy groups -OCH3 is 1. The van der Waals surface area contributed by atoms with Crippen LogP contribution in [0.1, 0.15) is 46.0 Å². The molecule has 0 amide bonds. The van der Waals surface area contributed by atoms with Crippen molar-refractivity contribution >= 4 is 21.7 Å². The van der Waals surface area contributed by atoms with Crippen molar-refractivity contribution in [3.05, 3.63) is 34.4 Å². The lowest BCUT2D eigenvalue weighted by molar-refractivity contribution is -0.387. The van der Waals surface area contributed by atoms with Crippen molar-refractivity contribution in [2.45, 2.75) is 56.9 Å². The fraction of sp³-hybridized carbons (Fsp3) is 0.588. The van der Waals surface area contributed by atoms with Crippen LogP contribution in [0.25, 0.3) is 0 Å². The molecule has 1 rings (SSSR count). The Labute approximate surface area is 154 Å². The number of sulfonamides is 1. The predicted octanol–water partition coefficient (Wildman–Crippen LogP) is 3.12. The van der Waals surface area contributed by atoms with Crippen LogP contribution in [0.3, 0.4) is 0 Å². The van der Waals surface area contributed by atoms with Crippen LogP contribution in [-0.2, 0) is 19.6 Å². The highest BCUT2D eigenvalue weighted by molar-refractivity contribution is 7.89. The summed E-state index contributed by atoms with van der Waals surface area (Å²) in [6.07, 6.45) is 3.28. The van der Waals surface area contributed by atoms with E-state index in [1.807, 2.05) is 6.92 Å². The minimum absolute atomic E-state index is 0.121. The van der Waals surface area contributed by atoms with E-state index in [1.165, 1.54) is 29.6 Å². The third-order valence-electron chi connectivity index (χ3n) is 4.06. The molecule has 1 atom stereocenters. The molecule has 0 aromatic heterocycles. The second-order valence-electron chi connectivity index (χ2n) is 6.03. The zero-order valence-electron chi connectivity index (χ0n) is 15.4. The van der Waals surface area contributed by atoms with Crippen molar-refractivity contribution in [1.29, 1.82) is 0 Å². The SMILES string of the molecule is CCCCCCN(C(C)CC(=O)OC)S(=O)(=O)c1ccccc1[N+](=O)[O-]. The summed E-state index contributed by atoms with van der Waals surface area (Å²) in [6.45, 7) is 3.83. The van der Waals surface area contributed by atoms with Gasteiger partial charge >= 0.3 is 5.97 Å². The van der Waals surface area contributed by atoms with Gasteiger partial charge in [0.15, 0.2) is 4.90 Å². The fourth-order valence-electron chi connectivity index (χ4n) is 2.65. The number of nitrogens with zero attached hydrogens (tertiary/aromatic N) is 2. The van der Waals surface area contributed by atoms with Crippen molar-refractivity contribution in [2.24, 2.45) is 0 Å². The first-order chi connectivity index (χ1) is 12.3. The average molecular weight is 386 g/mol. The van der Waals surface area contributed by atoms with Crippen LogP contribution < -0.4 is 0 Å². The summed E-state index contributed by atoms with van der Waals surface area (Å²) in [5.41, 5.74) is -0.476. The lowest BCUT2D eigenvalue weighted by Gasteiger charge is -2.27. The van der Waals surface area contributed by atoms with Crippen LogP contribution in [0.4, 0.5) is 5.69 Å². The Morgan fingerprint density at radius 1 is 1.27 bits per heavy atom. The number of benzene rings is 1. The number of hydrogen-bond donors (Lipinski definition) is 0. The van der Waals surface area contributed by atoms with Crippen LogP contribution >= 0.6 is 0 Å². The Bertz CT molecular complexity index is 720. The summed E-state index contributed by atoms with van der Waals surface area (Å²) < 4.78 is 32.0. The van der Waals surface area contributed by atoms with Gasteiger partial charge < -0.3 is 4.74 Å². The van der Waals surface area contributed by atoms with Gasteiger partial charge in [-0.3, -0.25) is 14.9 Å². The lowest BCUT2D eigenvalue weighted by Crippen LogP contribution is -2.40. The zero-order chi connectivity index (χ0) is 19.7. The summed E-state index contributed by atoms with van der Waals surface area (Å²) >= 11 is 0. The average Bonchev–Trinajstić information content (AvgIpc) is 2.61. The number of hydrogen-bond acceptors (Lipinski definition) is 6. The number of nitro groups is 1. The van der Waals surface area contributed by atoms with Gasteiger partial charge in [0.05, 0.1) is 18.5 Å². The predicted molar refractivity (Wildman–Crippen MR) is 97.2 cm³/mol. The molecule has 0 saturated heterocycles. The van der Waals surface area contributed by atoms with Crippen molar-refractivity contribution in [3.63, 3.8) is 0 Å². The molecular weight excluding hydrogens is 360 g/mol. The zero-order valence-corrected chi connectivity index (χ0v) is 16.2. The van der Waals surface area contributed by atoms with Gasteiger partial charge in [0.2, 0.25) is 10.0 Å². The van der Waals surface area contributed by atoms with Crippen molar-refractivity contribution in [3.8, 4) is 0 Å². The van der Waals surface area contributed by atoms with E-state index in [0.29, 0.717) is 6.42 Å². The summed E-state index contributed by atoms with van der Waals surface area (Å²) in [6, 6.07) is 4.57. The molecule has 0 bridgehead atoms. The Morgan fingerprint density at radius 2 is 1.92 bits per heavy atom. The van der Waals surface area contributed by atoms with Gasteiger partial charge in [0, 0.05) is 18.7 Å². The van der Waals surface area contributed by atoms with Gasteiger partial charge in [0.25, 0.3) is 5.69 Å². The molecule has 1 aromatic carbocycles. The maximum absolute atomic E-state index is 13.1. The van der Waals surface area contributed by atoms with E-state index >= 15 is 0 Å². The van der Waals surface area contributed by atoms with E-state index in [9.17, 15) is 23.3 Å². The number of para-hydroxylation sites is 1. The monoisotopic (exact) mass is 386 g/mol. The van der Waals surface area contributed by atoms with E-state index in [2.05, 4.69) is 4.74 Å². The van der Waals surface area contributed by atoms with Crippen molar-refractivity contribution < 1.29 is 22.9 Å². The Kier molecular flexibility index (Phi) is 8.67. The first-order valence-corrected chi connectivity index (χ1v) is 10.0. The minimum atomic E-state index is -4.13. The molecule has 0 aliphatic rings. The molecule has 8 nitrogen and oxygen atoms in total. The molecule has 0 radical (unpaired) electrons. The molecule has 1 unspecified atom stereocenters. The highest BCUT2D eigenvalue weighted by Gasteiger charge is 2.34. The molecule has 0 heterocycles. The number of ether oxygens (including phenoxy) is 1. The van der Waals surface area contributed by atoms with Crippen LogP contribution in [0.15, 0.2) is 29.2 Å². The molecule has 0 N–H and O–H groups in total. The van der Waals surface area contributed by atoms with Crippen LogP contribution in [0.5, 0.6) is 0 Å². The summed E-state index contributed by atoms with van der Waals surface area (Å²) in [4.78, 5) is 21.7. The number of rotatable bonds is 11. The van der Waals surface area contributed by atoms with Crippen molar-refractivity contribution in [2.75, 3.05) is 13.7 Å². The molecule has 26 heavy (non-hydrogen) atoms. The van der Waals surface area contributed by atoms with E-state index in [0.717, 1.165) is 25.3 Å². The van der Waals surface area contributed by atoms with Gasteiger partial charge in [-0.2, -0.15) is 4.31 Å². The molecule has 0 fully saturated rings. The smallest absolute Gasteiger partial charge is 0.307 e. The summed E-state index contributed by atoms with van der Waals surface area (Å²) in [7, 11) is -2.90. The Hall–Kier alpha value is -2.00. The molecule has 1 aromatic rings. The first kappa shape index (κ1) is 22.0. The molecule has 0 aliphatic heterocycles. The third-order valence-corrected chi connectivity index (χ3v) is 6.12. The fourth-order valence-corrected chi connectivity index (χ4v) is 4.48. The maximum atomic E-state index is 13.1.